The molecule has 0 radical (unpaired) electrons. The number of nitrogens with two attached hydrogens (primary N) is 1. The van der Waals surface area contributed by atoms with Crippen LogP contribution in [0.3, 0.4) is 0 Å². The molecule has 0 aliphatic carbocycles. The van der Waals surface area contributed by atoms with Crippen LogP contribution < -0.4 is 5.73 Å². The van der Waals surface area contributed by atoms with E-state index in [2.05, 4.69) is 15.1 Å². The molecule has 94 valence electrons. The van der Waals surface area contributed by atoms with Crippen molar-refractivity contribution in [2.24, 2.45) is 0 Å². The first-order chi connectivity index (χ1) is 8.67. The van der Waals surface area contributed by atoms with E-state index in [0.717, 1.165) is 25.0 Å². The maximum absolute atomic E-state index is 5.67. The average Bonchev–Trinajstić information content (AvgIpc) is 2.98. The Morgan fingerprint density at radius 3 is 3.00 bits per heavy atom. The van der Waals surface area contributed by atoms with Crippen molar-refractivity contribution in [3.8, 4) is 11.5 Å². The minimum absolute atomic E-state index is 0.418. The fraction of sp³-hybridized carbons (Fsp3) is 0.417. The van der Waals surface area contributed by atoms with Gasteiger partial charge in [0.05, 0.1) is 11.3 Å². The summed E-state index contributed by atoms with van der Waals surface area (Å²) in [4.78, 5) is 8.38. The van der Waals surface area contributed by atoms with Gasteiger partial charge in [-0.05, 0) is 25.8 Å². The van der Waals surface area contributed by atoms with Crippen LogP contribution in [0.1, 0.15) is 25.6 Å². The first kappa shape index (κ1) is 11.2. The molecule has 0 bridgehead atoms. The molecule has 2 aromatic rings. The van der Waals surface area contributed by atoms with E-state index in [4.69, 9.17) is 15.0 Å². The number of rotatable bonds is 2. The quantitative estimate of drug-likeness (QED) is 0.868. The summed E-state index contributed by atoms with van der Waals surface area (Å²) in [5.74, 6) is 0.999. The van der Waals surface area contributed by atoms with Crippen molar-refractivity contribution in [1.29, 1.82) is 0 Å². The largest absolute Gasteiger partial charge is 0.397 e. The summed E-state index contributed by atoms with van der Waals surface area (Å²) < 4.78 is 10.9. The third-order valence-corrected chi connectivity index (χ3v) is 3.12. The Bertz CT molecular complexity index is 561. The molecule has 1 aliphatic heterocycles. The molecule has 1 saturated heterocycles. The molecule has 18 heavy (non-hydrogen) atoms. The number of aromatic nitrogens is 3. The van der Waals surface area contributed by atoms with Crippen LogP contribution in [0.2, 0.25) is 0 Å². The van der Waals surface area contributed by atoms with Crippen LogP contribution in [0, 0.1) is 0 Å². The van der Waals surface area contributed by atoms with Crippen LogP contribution >= 0.6 is 0 Å². The minimum Gasteiger partial charge on any atom is -0.397 e. The lowest BCUT2D eigenvalue weighted by atomic mass is 10.0. The van der Waals surface area contributed by atoms with Gasteiger partial charge in [0.2, 0.25) is 5.82 Å². The second-order valence-electron chi connectivity index (χ2n) is 4.61. The van der Waals surface area contributed by atoms with E-state index < -0.39 is 5.60 Å². The summed E-state index contributed by atoms with van der Waals surface area (Å²) in [5, 5.41) is 4.00. The second-order valence-corrected chi connectivity index (χ2v) is 4.61. The van der Waals surface area contributed by atoms with Gasteiger partial charge in [0.15, 0.2) is 0 Å². The molecule has 6 nitrogen and oxygen atoms in total. The smallest absolute Gasteiger partial charge is 0.259 e. The van der Waals surface area contributed by atoms with Crippen molar-refractivity contribution < 1.29 is 9.26 Å². The third-order valence-electron chi connectivity index (χ3n) is 3.12. The van der Waals surface area contributed by atoms with E-state index in [1.807, 2.05) is 6.92 Å². The van der Waals surface area contributed by atoms with Crippen LogP contribution in [-0.2, 0) is 10.3 Å². The highest BCUT2D eigenvalue weighted by molar-refractivity contribution is 5.57. The van der Waals surface area contributed by atoms with Gasteiger partial charge in [0.1, 0.15) is 5.60 Å². The van der Waals surface area contributed by atoms with Crippen molar-refractivity contribution in [2.45, 2.75) is 25.4 Å². The van der Waals surface area contributed by atoms with Crippen LogP contribution in [0.5, 0.6) is 0 Å². The predicted molar refractivity (Wildman–Crippen MR) is 64.5 cm³/mol. The molecule has 1 unspecified atom stereocenters. The molecular weight excluding hydrogens is 232 g/mol. The van der Waals surface area contributed by atoms with Gasteiger partial charge in [0.25, 0.3) is 5.89 Å². The SMILES string of the molecule is CC1(c2noc(-c3cncc(N)c3)n2)CCCO1. The summed E-state index contributed by atoms with van der Waals surface area (Å²) in [7, 11) is 0. The Morgan fingerprint density at radius 1 is 1.39 bits per heavy atom. The molecule has 1 fully saturated rings. The van der Waals surface area contributed by atoms with Crippen molar-refractivity contribution in [3.05, 3.63) is 24.3 Å². The lowest BCUT2D eigenvalue weighted by Gasteiger charge is -2.17. The lowest BCUT2D eigenvalue weighted by Crippen LogP contribution is -2.21. The number of hydrogen-bond acceptors (Lipinski definition) is 6. The Morgan fingerprint density at radius 2 is 2.28 bits per heavy atom. The van der Waals surface area contributed by atoms with Crippen molar-refractivity contribution in [3.63, 3.8) is 0 Å². The Hall–Kier alpha value is -1.95. The van der Waals surface area contributed by atoms with Gasteiger partial charge >= 0.3 is 0 Å². The Kier molecular flexibility index (Phi) is 2.52. The zero-order chi connectivity index (χ0) is 12.6. The van der Waals surface area contributed by atoms with Crippen molar-refractivity contribution >= 4 is 5.69 Å². The first-order valence-corrected chi connectivity index (χ1v) is 5.86. The number of nitrogen functional groups attached to an aromatic ring is 1. The number of nitrogens with zero attached hydrogens (tertiary/aromatic N) is 3. The summed E-state index contributed by atoms with van der Waals surface area (Å²) in [5.41, 5.74) is 6.52. The third kappa shape index (κ3) is 1.84. The van der Waals surface area contributed by atoms with Crippen molar-refractivity contribution in [2.75, 3.05) is 12.3 Å². The molecule has 0 amide bonds. The highest BCUT2D eigenvalue weighted by Gasteiger charge is 2.36. The van der Waals surface area contributed by atoms with E-state index in [9.17, 15) is 0 Å². The molecule has 1 aliphatic rings. The molecule has 0 aromatic carbocycles. The standard InChI is InChI=1S/C12H14N4O2/c1-12(3-2-4-17-12)11-15-10(18-16-11)8-5-9(13)7-14-6-8/h5-7H,2-4,13H2,1H3. The average molecular weight is 246 g/mol. The number of ether oxygens (including phenoxy) is 1. The minimum atomic E-state index is -0.435. The van der Waals surface area contributed by atoms with Crippen LogP contribution in [-0.4, -0.2) is 21.7 Å². The van der Waals surface area contributed by atoms with E-state index in [-0.39, 0.29) is 0 Å². The highest BCUT2D eigenvalue weighted by Crippen LogP contribution is 2.34. The van der Waals surface area contributed by atoms with Crippen LogP contribution in [0.4, 0.5) is 5.69 Å². The topological polar surface area (TPSA) is 87.1 Å². The zero-order valence-corrected chi connectivity index (χ0v) is 10.1. The molecule has 3 heterocycles. The van der Waals surface area contributed by atoms with Crippen molar-refractivity contribution in [1.82, 2.24) is 15.1 Å². The summed E-state index contributed by atoms with van der Waals surface area (Å²) in [6, 6.07) is 1.75. The van der Waals surface area contributed by atoms with E-state index >= 15 is 0 Å². The van der Waals surface area contributed by atoms with Gasteiger partial charge in [-0.3, -0.25) is 4.98 Å². The molecule has 3 rings (SSSR count). The van der Waals surface area contributed by atoms with E-state index in [1.165, 1.54) is 0 Å². The summed E-state index contributed by atoms with van der Waals surface area (Å²) >= 11 is 0. The van der Waals surface area contributed by atoms with Gasteiger partial charge < -0.3 is 15.0 Å². The number of anilines is 1. The first-order valence-electron chi connectivity index (χ1n) is 5.86. The fourth-order valence-corrected chi connectivity index (χ4v) is 2.09. The highest BCUT2D eigenvalue weighted by atomic mass is 16.5. The van der Waals surface area contributed by atoms with E-state index in [0.29, 0.717) is 17.4 Å². The summed E-state index contributed by atoms with van der Waals surface area (Å²) in [6.45, 7) is 2.71. The molecular formula is C12H14N4O2. The second kappa shape index (κ2) is 4.06. The fourth-order valence-electron chi connectivity index (χ4n) is 2.09. The number of hydrogen-bond donors (Lipinski definition) is 1. The maximum Gasteiger partial charge on any atom is 0.259 e. The summed E-state index contributed by atoms with van der Waals surface area (Å²) in [6.07, 6.45) is 5.13. The normalized spacial score (nSPS) is 23.4. The van der Waals surface area contributed by atoms with Gasteiger partial charge in [-0.1, -0.05) is 5.16 Å². The van der Waals surface area contributed by atoms with Gasteiger partial charge in [-0.25, -0.2) is 0 Å². The maximum atomic E-state index is 5.67. The predicted octanol–water partition coefficient (Wildman–Crippen LogP) is 1.74. The van der Waals surface area contributed by atoms with Crippen LogP contribution in [0.25, 0.3) is 11.5 Å². The Labute approximate surface area is 104 Å². The molecule has 0 spiro atoms. The molecule has 1 atom stereocenters. The molecule has 0 saturated carbocycles. The van der Waals surface area contributed by atoms with E-state index in [1.54, 1.807) is 18.5 Å². The van der Waals surface area contributed by atoms with Gasteiger partial charge in [0, 0.05) is 19.0 Å². The lowest BCUT2D eigenvalue weighted by molar-refractivity contribution is 0.00768. The van der Waals surface area contributed by atoms with Gasteiger partial charge in [-0.15, -0.1) is 0 Å². The monoisotopic (exact) mass is 246 g/mol. The van der Waals surface area contributed by atoms with Gasteiger partial charge in [-0.2, -0.15) is 4.98 Å². The molecule has 6 heteroatoms. The van der Waals surface area contributed by atoms with Crippen LogP contribution in [0.15, 0.2) is 23.0 Å². The number of pyridine rings is 1. The molecule has 2 aromatic heterocycles. The Balaban J connectivity index is 1.94. The zero-order valence-electron chi connectivity index (χ0n) is 10.1. The molecule has 2 N–H and O–H groups in total.